The zero-order chi connectivity index (χ0) is 22.1. The molecule has 0 bridgehead atoms. The van der Waals surface area contributed by atoms with E-state index < -0.39 is 30.0 Å². The highest BCUT2D eigenvalue weighted by atomic mass is 35.5. The summed E-state index contributed by atoms with van der Waals surface area (Å²) >= 11 is 5.98. The van der Waals surface area contributed by atoms with Gasteiger partial charge in [-0.25, -0.2) is 19.3 Å². The third kappa shape index (κ3) is 4.61. The smallest absolute Gasteiger partial charge is 0.354 e. The molecule has 1 atom stereocenters. The minimum atomic E-state index is -4.57. The molecule has 0 saturated carbocycles. The van der Waals surface area contributed by atoms with Gasteiger partial charge in [-0.1, -0.05) is 18.5 Å². The van der Waals surface area contributed by atoms with E-state index in [-0.39, 0.29) is 18.1 Å². The van der Waals surface area contributed by atoms with Gasteiger partial charge in [0, 0.05) is 23.3 Å². The molecule has 3 aromatic heterocycles. The van der Waals surface area contributed by atoms with Gasteiger partial charge < -0.3 is 15.6 Å². The van der Waals surface area contributed by atoms with Gasteiger partial charge in [0.2, 0.25) is 5.91 Å². The van der Waals surface area contributed by atoms with Crippen molar-refractivity contribution in [1.29, 1.82) is 0 Å². The number of fused-ring (bicyclic) bond motifs is 1. The van der Waals surface area contributed by atoms with Gasteiger partial charge in [0.25, 0.3) is 0 Å². The lowest BCUT2D eigenvalue weighted by Gasteiger charge is -2.29. The molecule has 160 valence electrons. The van der Waals surface area contributed by atoms with Crippen LogP contribution >= 0.6 is 11.6 Å². The number of nitrogens with one attached hydrogen (secondary N) is 3. The first kappa shape index (κ1) is 21.8. The highest BCUT2D eigenvalue weighted by molar-refractivity contribution is 6.31. The zero-order valence-corrected chi connectivity index (χ0v) is 16.6. The summed E-state index contributed by atoms with van der Waals surface area (Å²) < 4.78 is 51.7. The molecule has 0 aliphatic rings. The number of nitrogens with zero attached hydrogens (tertiary/aromatic N) is 3. The number of amides is 1. The van der Waals surface area contributed by atoms with Crippen molar-refractivity contribution in [3.8, 4) is 11.4 Å². The van der Waals surface area contributed by atoms with Crippen molar-refractivity contribution in [1.82, 2.24) is 25.3 Å². The second-order valence-electron chi connectivity index (χ2n) is 6.75. The first-order valence-corrected chi connectivity index (χ1v) is 9.19. The predicted molar refractivity (Wildman–Crippen MR) is 103 cm³/mol. The molecular weight excluding hydrogens is 428 g/mol. The number of pyridine rings is 1. The van der Waals surface area contributed by atoms with Gasteiger partial charge in [-0.3, -0.25) is 4.79 Å². The van der Waals surface area contributed by atoms with Crippen LogP contribution in [0.5, 0.6) is 0 Å². The number of carbonyl (C=O) groups excluding carboxylic acids is 1. The van der Waals surface area contributed by atoms with Gasteiger partial charge >= 0.3 is 6.18 Å². The summed E-state index contributed by atoms with van der Waals surface area (Å²) in [5.41, 5.74) is -0.535. The maximum absolute atomic E-state index is 14.4. The molecule has 7 nitrogen and oxygen atoms in total. The lowest BCUT2D eigenvalue weighted by atomic mass is 9.97. The SMILES string of the molecule is CC[C@@](C)(Nc1nc(-c2c[nH]c3ncc(Cl)cc23)ncc1F)C(=O)NCC(F)(F)F. The average Bonchev–Trinajstić information content (AvgIpc) is 3.10. The average molecular weight is 445 g/mol. The third-order valence-corrected chi connectivity index (χ3v) is 4.74. The van der Waals surface area contributed by atoms with Crippen molar-refractivity contribution < 1.29 is 22.4 Å². The fourth-order valence-electron chi connectivity index (χ4n) is 2.69. The molecule has 0 spiro atoms. The second kappa shape index (κ2) is 8.05. The Balaban J connectivity index is 1.92. The van der Waals surface area contributed by atoms with Gasteiger partial charge in [0.15, 0.2) is 17.5 Å². The largest absolute Gasteiger partial charge is 0.405 e. The Labute approximate surface area is 173 Å². The molecular formula is C18H17ClF4N6O. The molecule has 12 heteroatoms. The number of rotatable bonds is 6. The number of aromatic amines is 1. The van der Waals surface area contributed by atoms with Gasteiger partial charge in [-0.2, -0.15) is 13.2 Å². The van der Waals surface area contributed by atoms with E-state index in [0.717, 1.165) is 6.20 Å². The summed E-state index contributed by atoms with van der Waals surface area (Å²) in [6.45, 7) is 1.44. The minimum absolute atomic E-state index is 0.0715. The number of anilines is 1. The van der Waals surface area contributed by atoms with Crippen molar-refractivity contribution in [2.75, 3.05) is 11.9 Å². The van der Waals surface area contributed by atoms with E-state index in [4.69, 9.17) is 11.6 Å². The van der Waals surface area contributed by atoms with Crippen molar-refractivity contribution >= 4 is 34.4 Å². The summed E-state index contributed by atoms with van der Waals surface area (Å²) in [6.07, 6.45) is -0.565. The highest BCUT2D eigenvalue weighted by Crippen LogP contribution is 2.29. The molecule has 0 unspecified atom stereocenters. The molecule has 3 N–H and O–H groups in total. The fraction of sp³-hybridized carbons (Fsp3) is 0.333. The van der Waals surface area contributed by atoms with Gasteiger partial charge in [0.05, 0.1) is 11.2 Å². The Morgan fingerprint density at radius 1 is 1.27 bits per heavy atom. The molecule has 30 heavy (non-hydrogen) atoms. The van der Waals surface area contributed by atoms with Crippen LogP contribution in [-0.2, 0) is 4.79 Å². The van der Waals surface area contributed by atoms with E-state index in [1.165, 1.54) is 13.1 Å². The van der Waals surface area contributed by atoms with E-state index in [9.17, 15) is 22.4 Å². The van der Waals surface area contributed by atoms with Crippen LogP contribution in [0.1, 0.15) is 20.3 Å². The van der Waals surface area contributed by atoms with Crippen molar-refractivity contribution in [2.24, 2.45) is 0 Å². The topological polar surface area (TPSA) is 95.6 Å². The molecule has 3 heterocycles. The number of hydrogen-bond acceptors (Lipinski definition) is 5. The molecule has 0 aliphatic carbocycles. The number of halogens is 5. The molecule has 0 aliphatic heterocycles. The highest BCUT2D eigenvalue weighted by Gasteiger charge is 2.36. The van der Waals surface area contributed by atoms with Gasteiger partial charge in [0.1, 0.15) is 17.7 Å². The number of H-pyrrole nitrogens is 1. The quantitative estimate of drug-likeness (QED) is 0.498. The Morgan fingerprint density at radius 3 is 2.67 bits per heavy atom. The van der Waals surface area contributed by atoms with E-state index >= 15 is 0 Å². The molecule has 3 rings (SSSR count). The number of aromatic nitrogens is 4. The van der Waals surface area contributed by atoms with Crippen molar-refractivity contribution in [3.05, 3.63) is 35.5 Å². The summed E-state index contributed by atoms with van der Waals surface area (Å²) in [7, 11) is 0. The summed E-state index contributed by atoms with van der Waals surface area (Å²) in [4.78, 5) is 27.5. The van der Waals surface area contributed by atoms with Crippen LogP contribution < -0.4 is 10.6 Å². The third-order valence-electron chi connectivity index (χ3n) is 4.53. The normalized spacial score (nSPS) is 13.8. The van der Waals surface area contributed by atoms with Crippen LogP contribution in [0.2, 0.25) is 5.02 Å². The first-order chi connectivity index (χ1) is 14.0. The first-order valence-electron chi connectivity index (χ1n) is 8.81. The lowest BCUT2D eigenvalue weighted by molar-refractivity contribution is -0.140. The van der Waals surface area contributed by atoms with E-state index in [1.807, 2.05) is 0 Å². The Bertz CT molecular complexity index is 1090. The molecule has 3 aromatic rings. The van der Waals surface area contributed by atoms with Crippen LogP contribution in [0.15, 0.2) is 24.7 Å². The summed E-state index contributed by atoms with van der Waals surface area (Å²) in [5, 5.41) is 5.40. The van der Waals surface area contributed by atoms with Gasteiger partial charge in [-0.15, -0.1) is 0 Å². The Hall–Kier alpha value is -2.95. The maximum Gasteiger partial charge on any atom is 0.405 e. The van der Waals surface area contributed by atoms with Crippen LogP contribution in [0, 0.1) is 5.82 Å². The molecule has 0 saturated heterocycles. The van der Waals surface area contributed by atoms with Crippen LogP contribution in [-0.4, -0.2) is 44.1 Å². The van der Waals surface area contributed by atoms with Crippen LogP contribution in [0.4, 0.5) is 23.4 Å². The summed E-state index contributed by atoms with van der Waals surface area (Å²) in [6, 6.07) is 1.64. The van der Waals surface area contributed by atoms with E-state index in [1.54, 1.807) is 24.5 Å². The van der Waals surface area contributed by atoms with E-state index in [2.05, 4.69) is 25.3 Å². The van der Waals surface area contributed by atoms with Gasteiger partial charge in [-0.05, 0) is 19.4 Å². The predicted octanol–water partition coefficient (Wildman–Crippen LogP) is 4.07. The molecule has 0 fully saturated rings. The Morgan fingerprint density at radius 2 is 2.00 bits per heavy atom. The van der Waals surface area contributed by atoms with Crippen LogP contribution in [0.3, 0.4) is 0 Å². The van der Waals surface area contributed by atoms with E-state index in [0.29, 0.717) is 21.6 Å². The standard InChI is InChI=1S/C18H17ClF4N6O/c1-3-17(2,16(30)27-8-18(21,22)23)29-15-12(20)7-26-14(28-15)11-6-25-13-10(11)4-9(19)5-24-13/h4-7H,3,8H2,1-2H3,(H,24,25)(H,27,30)(H,26,28,29)/t17-/m1/s1. The second-order valence-corrected chi connectivity index (χ2v) is 7.19. The maximum atomic E-state index is 14.4. The number of carbonyl (C=O) groups is 1. The minimum Gasteiger partial charge on any atom is -0.354 e. The molecule has 0 aromatic carbocycles. The lowest BCUT2D eigenvalue weighted by Crippen LogP contribution is -2.52. The monoisotopic (exact) mass is 444 g/mol. The van der Waals surface area contributed by atoms with Crippen LogP contribution in [0.25, 0.3) is 22.4 Å². The zero-order valence-electron chi connectivity index (χ0n) is 15.9. The fourth-order valence-corrected chi connectivity index (χ4v) is 2.85. The summed E-state index contributed by atoms with van der Waals surface area (Å²) in [5.74, 6) is -2.01. The number of hydrogen-bond donors (Lipinski definition) is 3. The Kier molecular flexibility index (Phi) is 5.84. The van der Waals surface area contributed by atoms with Crippen molar-refractivity contribution in [2.45, 2.75) is 32.0 Å². The van der Waals surface area contributed by atoms with Crippen molar-refractivity contribution in [3.63, 3.8) is 0 Å². The molecule has 1 amide bonds. The number of alkyl halides is 3. The molecule has 0 radical (unpaired) electrons.